The van der Waals surface area contributed by atoms with Gasteiger partial charge in [0.05, 0.1) is 17.3 Å². The third-order valence-corrected chi connectivity index (χ3v) is 2.46. The monoisotopic (exact) mass is 247 g/mol. The SMILES string of the molecule is COC(=O)c1c(Br)c(CN)nn1C. The summed E-state index contributed by atoms with van der Waals surface area (Å²) in [5.74, 6) is -0.429. The molecule has 0 spiro atoms. The van der Waals surface area contributed by atoms with Gasteiger partial charge in [-0.15, -0.1) is 0 Å². The lowest BCUT2D eigenvalue weighted by Gasteiger charge is -1.98. The van der Waals surface area contributed by atoms with Crippen molar-refractivity contribution in [3.8, 4) is 0 Å². The van der Waals surface area contributed by atoms with Crippen LogP contribution >= 0.6 is 15.9 Å². The zero-order valence-electron chi connectivity index (χ0n) is 7.37. The van der Waals surface area contributed by atoms with Gasteiger partial charge >= 0.3 is 5.97 Å². The summed E-state index contributed by atoms with van der Waals surface area (Å²) in [7, 11) is 2.99. The van der Waals surface area contributed by atoms with Gasteiger partial charge in [0.25, 0.3) is 0 Å². The van der Waals surface area contributed by atoms with Crippen molar-refractivity contribution in [3.63, 3.8) is 0 Å². The Kier molecular flexibility index (Phi) is 3.05. The molecule has 1 rings (SSSR count). The maximum absolute atomic E-state index is 11.2. The quantitative estimate of drug-likeness (QED) is 0.770. The molecule has 0 aliphatic rings. The van der Waals surface area contributed by atoms with Crippen LogP contribution in [0.5, 0.6) is 0 Å². The van der Waals surface area contributed by atoms with E-state index in [1.54, 1.807) is 7.05 Å². The molecule has 0 aromatic carbocycles. The first-order valence-electron chi connectivity index (χ1n) is 3.61. The normalized spacial score (nSPS) is 10.2. The Morgan fingerprint density at radius 2 is 2.38 bits per heavy atom. The first-order valence-corrected chi connectivity index (χ1v) is 4.40. The van der Waals surface area contributed by atoms with Gasteiger partial charge in [-0.05, 0) is 15.9 Å². The minimum atomic E-state index is -0.429. The maximum Gasteiger partial charge on any atom is 0.357 e. The number of esters is 1. The van der Waals surface area contributed by atoms with Crippen molar-refractivity contribution in [1.82, 2.24) is 9.78 Å². The summed E-state index contributed by atoms with van der Waals surface area (Å²) >= 11 is 3.24. The van der Waals surface area contributed by atoms with E-state index in [0.717, 1.165) is 0 Å². The number of hydrogen-bond acceptors (Lipinski definition) is 4. The largest absolute Gasteiger partial charge is 0.464 e. The van der Waals surface area contributed by atoms with Gasteiger partial charge in [-0.25, -0.2) is 4.79 Å². The predicted octanol–water partition coefficient (Wildman–Crippen LogP) is 0.428. The highest BCUT2D eigenvalue weighted by Crippen LogP contribution is 2.21. The molecule has 0 bridgehead atoms. The van der Waals surface area contributed by atoms with Crippen LogP contribution in [0.25, 0.3) is 0 Å². The van der Waals surface area contributed by atoms with Crippen molar-refractivity contribution >= 4 is 21.9 Å². The average molecular weight is 248 g/mol. The number of methoxy groups -OCH3 is 1. The van der Waals surface area contributed by atoms with Crippen molar-refractivity contribution < 1.29 is 9.53 Å². The molecule has 5 nitrogen and oxygen atoms in total. The topological polar surface area (TPSA) is 70.1 Å². The van der Waals surface area contributed by atoms with E-state index in [-0.39, 0.29) is 6.54 Å². The molecular weight excluding hydrogens is 238 g/mol. The van der Waals surface area contributed by atoms with Gasteiger partial charge in [-0.2, -0.15) is 5.10 Å². The number of carbonyl (C=O) groups is 1. The Bertz CT molecular complexity index is 335. The lowest BCUT2D eigenvalue weighted by molar-refractivity contribution is 0.0587. The van der Waals surface area contributed by atoms with Crippen molar-refractivity contribution in [2.24, 2.45) is 12.8 Å². The summed E-state index contributed by atoms with van der Waals surface area (Å²) in [6, 6.07) is 0. The van der Waals surface area contributed by atoms with E-state index in [2.05, 4.69) is 25.8 Å². The van der Waals surface area contributed by atoms with Crippen LogP contribution in [-0.2, 0) is 18.3 Å². The molecule has 0 radical (unpaired) electrons. The predicted molar refractivity (Wildman–Crippen MR) is 50.1 cm³/mol. The molecule has 0 unspecified atom stereocenters. The van der Waals surface area contributed by atoms with Crippen LogP contribution in [0.1, 0.15) is 16.2 Å². The Morgan fingerprint density at radius 3 is 2.77 bits per heavy atom. The molecule has 0 atom stereocenters. The van der Waals surface area contributed by atoms with E-state index >= 15 is 0 Å². The number of nitrogens with zero attached hydrogens (tertiary/aromatic N) is 2. The van der Waals surface area contributed by atoms with Crippen molar-refractivity contribution in [2.45, 2.75) is 6.54 Å². The third kappa shape index (κ3) is 1.73. The Balaban J connectivity index is 3.20. The molecule has 1 aromatic rings. The highest BCUT2D eigenvalue weighted by molar-refractivity contribution is 9.10. The summed E-state index contributed by atoms with van der Waals surface area (Å²) in [6.07, 6.45) is 0. The minimum absolute atomic E-state index is 0.283. The molecule has 72 valence electrons. The molecule has 0 fully saturated rings. The van der Waals surface area contributed by atoms with Gasteiger partial charge in [0.15, 0.2) is 5.69 Å². The first-order chi connectivity index (χ1) is 6.11. The minimum Gasteiger partial charge on any atom is -0.464 e. The Morgan fingerprint density at radius 1 is 1.77 bits per heavy atom. The Hall–Kier alpha value is -0.880. The second kappa shape index (κ2) is 3.89. The van der Waals surface area contributed by atoms with E-state index < -0.39 is 5.97 Å². The maximum atomic E-state index is 11.2. The molecule has 0 amide bonds. The van der Waals surface area contributed by atoms with E-state index in [1.165, 1.54) is 11.8 Å². The summed E-state index contributed by atoms with van der Waals surface area (Å²) in [4.78, 5) is 11.2. The van der Waals surface area contributed by atoms with Gasteiger partial charge in [-0.3, -0.25) is 4.68 Å². The molecule has 13 heavy (non-hydrogen) atoms. The number of aromatic nitrogens is 2. The number of halogens is 1. The van der Waals surface area contributed by atoms with E-state index in [9.17, 15) is 4.79 Å². The molecule has 0 saturated heterocycles. The molecule has 0 aliphatic carbocycles. The van der Waals surface area contributed by atoms with Crippen LogP contribution in [0.4, 0.5) is 0 Å². The third-order valence-electron chi connectivity index (χ3n) is 1.63. The highest BCUT2D eigenvalue weighted by atomic mass is 79.9. The second-order valence-electron chi connectivity index (χ2n) is 2.43. The number of ether oxygens (including phenoxy) is 1. The molecular formula is C7H10BrN3O2. The number of carbonyl (C=O) groups excluding carboxylic acids is 1. The van der Waals surface area contributed by atoms with Gasteiger partial charge in [-0.1, -0.05) is 0 Å². The molecule has 1 heterocycles. The van der Waals surface area contributed by atoms with Crippen LogP contribution in [0, 0.1) is 0 Å². The van der Waals surface area contributed by atoms with E-state index in [4.69, 9.17) is 5.73 Å². The molecule has 6 heteroatoms. The fourth-order valence-electron chi connectivity index (χ4n) is 1.00. The fraction of sp³-hybridized carbons (Fsp3) is 0.429. The van der Waals surface area contributed by atoms with Crippen molar-refractivity contribution in [2.75, 3.05) is 7.11 Å². The Labute approximate surface area is 84.0 Å². The number of rotatable bonds is 2. The number of aryl methyl sites for hydroxylation is 1. The molecule has 0 saturated carbocycles. The summed E-state index contributed by atoms with van der Waals surface area (Å²) in [5.41, 5.74) is 6.44. The standard InChI is InChI=1S/C7H10BrN3O2/c1-11-6(7(12)13-2)5(8)4(3-9)10-11/h3,9H2,1-2H3. The van der Waals surface area contributed by atoms with Crippen molar-refractivity contribution in [1.29, 1.82) is 0 Å². The van der Waals surface area contributed by atoms with Gasteiger partial charge in [0, 0.05) is 13.6 Å². The van der Waals surface area contributed by atoms with E-state index in [1.807, 2.05) is 0 Å². The van der Waals surface area contributed by atoms with Crippen LogP contribution in [0.15, 0.2) is 4.47 Å². The zero-order valence-corrected chi connectivity index (χ0v) is 8.96. The molecule has 0 aliphatic heterocycles. The van der Waals surface area contributed by atoms with E-state index in [0.29, 0.717) is 15.9 Å². The summed E-state index contributed by atoms with van der Waals surface area (Å²) < 4.78 is 6.63. The van der Waals surface area contributed by atoms with Crippen LogP contribution in [-0.4, -0.2) is 22.9 Å². The number of hydrogen-bond donors (Lipinski definition) is 1. The molecule has 1 aromatic heterocycles. The number of nitrogens with two attached hydrogens (primary N) is 1. The van der Waals surface area contributed by atoms with Gasteiger partial charge < -0.3 is 10.5 Å². The molecule has 2 N–H and O–H groups in total. The van der Waals surface area contributed by atoms with Crippen molar-refractivity contribution in [3.05, 3.63) is 15.9 Å². The fourth-order valence-corrected chi connectivity index (χ4v) is 1.66. The smallest absolute Gasteiger partial charge is 0.357 e. The first kappa shape index (κ1) is 10.2. The zero-order chi connectivity index (χ0) is 10.0. The second-order valence-corrected chi connectivity index (χ2v) is 3.22. The summed E-state index contributed by atoms with van der Waals surface area (Å²) in [5, 5.41) is 4.04. The van der Waals surface area contributed by atoms with Crippen LogP contribution in [0.3, 0.4) is 0 Å². The van der Waals surface area contributed by atoms with Gasteiger partial charge in [0.2, 0.25) is 0 Å². The van der Waals surface area contributed by atoms with Crippen LogP contribution < -0.4 is 5.73 Å². The lowest BCUT2D eigenvalue weighted by Crippen LogP contribution is -2.08. The average Bonchev–Trinajstić information content (AvgIpc) is 2.40. The summed E-state index contributed by atoms with van der Waals surface area (Å²) in [6.45, 7) is 0.283. The van der Waals surface area contributed by atoms with Crippen LogP contribution in [0.2, 0.25) is 0 Å². The van der Waals surface area contributed by atoms with Gasteiger partial charge in [0.1, 0.15) is 0 Å². The lowest BCUT2D eigenvalue weighted by atomic mass is 10.3. The highest BCUT2D eigenvalue weighted by Gasteiger charge is 2.19.